The van der Waals surface area contributed by atoms with Gasteiger partial charge in [-0.1, -0.05) is 29.8 Å². The van der Waals surface area contributed by atoms with E-state index >= 15 is 0 Å². The molecule has 0 aliphatic carbocycles. The molecule has 2 rings (SSSR count). The van der Waals surface area contributed by atoms with Crippen molar-refractivity contribution in [1.82, 2.24) is 4.90 Å². The molecule has 1 fully saturated rings. The Bertz CT molecular complexity index is 382. The minimum atomic E-state index is -0.588. The van der Waals surface area contributed by atoms with Gasteiger partial charge in [-0.3, -0.25) is 0 Å². The molecule has 1 unspecified atom stereocenters. The summed E-state index contributed by atoms with van der Waals surface area (Å²) in [5.74, 6) is 0. The summed E-state index contributed by atoms with van der Waals surface area (Å²) in [5.41, 5.74) is 0.469. The average Bonchev–Trinajstić information content (AvgIpc) is 2.45. The molecule has 17 heavy (non-hydrogen) atoms. The van der Waals surface area contributed by atoms with Crippen LogP contribution >= 0.6 is 11.6 Å². The number of hydrogen-bond acceptors (Lipinski definition) is 2. The first kappa shape index (κ1) is 12.9. The molecular weight excluding hydrogens is 234 g/mol. The highest BCUT2D eigenvalue weighted by atomic mass is 35.5. The fourth-order valence-corrected chi connectivity index (χ4v) is 2.69. The van der Waals surface area contributed by atoms with Gasteiger partial charge in [0.15, 0.2) is 0 Å². The van der Waals surface area contributed by atoms with Crippen molar-refractivity contribution in [1.29, 1.82) is 0 Å². The van der Waals surface area contributed by atoms with Crippen molar-refractivity contribution >= 4 is 11.6 Å². The summed E-state index contributed by atoms with van der Waals surface area (Å²) >= 11 is 6.15. The fraction of sp³-hybridized carbons (Fsp3) is 0.571. The molecule has 1 aliphatic rings. The predicted octanol–water partition coefficient (Wildman–Crippen LogP) is 2.73. The van der Waals surface area contributed by atoms with Crippen LogP contribution in [0, 0.1) is 0 Å². The summed E-state index contributed by atoms with van der Waals surface area (Å²) in [6.07, 6.45) is 3.41. The van der Waals surface area contributed by atoms with Crippen molar-refractivity contribution < 1.29 is 5.11 Å². The highest BCUT2D eigenvalue weighted by molar-refractivity contribution is 6.31. The molecule has 0 radical (unpaired) electrons. The number of rotatable bonds is 2. The van der Waals surface area contributed by atoms with Gasteiger partial charge in [0.05, 0.1) is 5.60 Å². The quantitative estimate of drug-likeness (QED) is 0.876. The van der Waals surface area contributed by atoms with E-state index in [0.29, 0.717) is 6.42 Å². The van der Waals surface area contributed by atoms with Crippen molar-refractivity contribution in [2.45, 2.75) is 31.3 Å². The molecule has 0 aromatic heterocycles. The maximum atomic E-state index is 10.7. The van der Waals surface area contributed by atoms with Crippen molar-refractivity contribution in [3.05, 3.63) is 34.9 Å². The Labute approximate surface area is 108 Å². The highest BCUT2D eigenvalue weighted by Crippen LogP contribution is 2.28. The molecule has 1 N–H and O–H groups in total. The number of hydrogen-bond donors (Lipinski definition) is 1. The zero-order valence-electron chi connectivity index (χ0n) is 10.3. The number of benzene rings is 1. The lowest BCUT2D eigenvalue weighted by atomic mass is 9.88. The van der Waals surface area contributed by atoms with Crippen molar-refractivity contribution in [2.24, 2.45) is 0 Å². The van der Waals surface area contributed by atoms with E-state index in [2.05, 4.69) is 11.9 Å². The first-order chi connectivity index (χ1) is 8.09. The van der Waals surface area contributed by atoms with Gasteiger partial charge in [0.2, 0.25) is 0 Å². The minimum absolute atomic E-state index is 0.588. The third-order valence-corrected chi connectivity index (χ3v) is 3.99. The van der Waals surface area contributed by atoms with Crippen LogP contribution in [0.3, 0.4) is 0 Å². The molecule has 1 aliphatic heterocycles. The lowest BCUT2D eigenvalue weighted by Crippen LogP contribution is -2.32. The zero-order valence-corrected chi connectivity index (χ0v) is 11.1. The summed E-state index contributed by atoms with van der Waals surface area (Å²) in [7, 11) is 2.11. The van der Waals surface area contributed by atoms with E-state index in [-0.39, 0.29) is 0 Å². The van der Waals surface area contributed by atoms with Crippen LogP contribution in [0.1, 0.15) is 24.8 Å². The molecule has 0 amide bonds. The Hall–Kier alpha value is -0.570. The van der Waals surface area contributed by atoms with E-state index < -0.39 is 5.60 Å². The monoisotopic (exact) mass is 253 g/mol. The molecule has 1 saturated heterocycles. The minimum Gasteiger partial charge on any atom is -0.389 e. The Balaban J connectivity index is 2.09. The molecule has 1 aromatic rings. The third-order valence-electron chi connectivity index (χ3n) is 3.62. The Kier molecular flexibility index (Phi) is 4.08. The zero-order chi connectivity index (χ0) is 12.3. The van der Waals surface area contributed by atoms with Gasteiger partial charge in [0.25, 0.3) is 0 Å². The summed E-state index contributed by atoms with van der Waals surface area (Å²) < 4.78 is 0. The topological polar surface area (TPSA) is 23.5 Å². The van der Waals surface area contributed by atoms with Gasteiger partial charge in [0, 0.05) is 18.0 Å². The van der Waals surface area contributed by atoms with Crippen molar-refractivity contribution in [3.63, 3.8) is 0 Å². The highest BCUT2D eigenvalue weighted by Gasteiger charge is 2.29. The van der Waals surface area contributed by atoms with Crippen molar-refractivity contribution in [2.75, 3.05) is 20.1 Å². The van der Waals surface area contributed by atoms with Gasteiger partial charge in [-0.15, -0.1) is 0 Å². The molecule has 1 aromatic carbocycles. The van der Waals surface area contributed by atoms with Gasteiger partial charge in [-0.05, 0) is 44.5 Å². The van der Waals surface area contributed by atoms with E-state index in [9.17, 15) is 5.11 Å². The van der Waals surface area contributed by atoms with Gasteiger partial charge >= 0.3 is 0 Å². The van der Waals surface area contributed by atoms with Gasteiger partial charge in [-0.25, -0.2) is 0 Å². The third kappa shape index (κ3) is 3.44. The average molecular weight is 254 g/mol. The largest absolute Gasteiger partial charge is 0.389 e. The summed E-state index contributed by atoms with van der Waals surface area (Å²) in [6.45, 7) is 2.03. The Morgan fingerprint density at radius 2 is 2.06 bits per heavy atom. The molecule has 1 heterocycles. The molecule has 0 bridgehead atoms. The maximum absolute atomic E-state index is 10.7. The van der Waals surface area contributed by atoms with Crippen LogP contribution in [-0.4, -0.2) is 35.7 Å². The van der Waals surface area contributed by atoms with Gasteiger partial charge in [0.1, 0.15) is 0 Å². The number of likely N-dealkylation sites (tertiary alicyclic amines) is 1. The molecule has 3 heteroatoms. The summed E-state index contributed by atoms with van der Waals surface area (Å²) in [4.78, 5) is 2.28. The van der Waals surface area contributed by atoms with E-state index in [4.69, 9.17) is 11.6 Å². The summed E-state index contributed by atoms with van der Waals surface area (Å²) in [6, 6.07) is 7.81. The van der Waals surface area contributed by atoms with E-state index in [1.165, 1.54) is 0 Å². The van der Waals surface area contributed by atoms with Gasteiger partial charge in [-0.2, -0.15) is 0 Å². The van der Waals surface area contributed by atoms with Crippen LogP contribution in [0.5, 0.6) is 0 Å². The standard InChI is InChI=1S/C14H20ClNO/c1-16-9-4-7-14(17,8-10-16)11-12-5-2-3-6-13(12)15/h2-3,5-6,17H,4,7-11H2,1H3. The van der Waals surface area contributed by atoms with Crippen LogP contribution in [-0.2, 0) is 6.42 Å². The van der Waals surface area contributed by atoms with Crippen LogP contribution < -0.4 is 0 Å². The van der Waals surface area contributed by atoms with E-state index in [0.717, 1.165) is 42.9 Å². The van der Waals surface area contributed by atoms with Crippen LogP contribution in [0.15, 0.2) is 24.3 Å². The number of aliphatic hydroxyl groups is 1. The lowest BCUT2D eigenvalue weighted by molar-refractivity contribution is 0.0263. The second kappa shape index (κ2) is 5.38. The molecule has 1 atom stereocenters. The van der Waals surface area contributed by atoms with E-state index in [1.807, 2.05) is 24.3 Å². The van der Waals surface area contributed by atoms with Crippen LogP contribution in [0.25, 0.3) is 0 Å². The van der Waals surface area contributed by atoms with Crippen LogP contribution in [0.4, 0.5) is 0 Å². The second-order valence-electron chi connectivity index (χ2n) is 5.15. The number of nitrogens with zero attached hydrogens (tertiary/aromatic N) is 1. The maximum Gasteiger partial charge on any atom is 0.0701 e. The smallest absolute Gasteiger partial charge is 0.0701 e. The molecule has 0 spiro atoms. The lowest BCUT2D eigenvalue weighted by Gasteiger charge is -2.27. The molecule has 2 nitrogen and oxygen atoms in total. The van der Waals surface area contributed by atoms with Crippen molar-refractivity contribution in [3.8, 4) is 0 Å². The molecule has 0 saturated carbocycles. The molecule has 94 valence electrons. The predicted molar refractivity (Wildman–Crippen MR) is 71.5 cm³/mol. The Morgan fingerprint density at radius 1 is 1.29 bits per heavy atom. The number of halogens is 1. The van der Waals surface area contributed by atoms with Gasteiger partial charge < -0.3 is 10.0 Å². The first-order valence-electron chi connectivity index (χ1n) is 6.23. The summed E-state index contributed by atoms with van der Waals surface area (Å²) in [5, 5.41) is 11.4. The fourth-order valence-electron chi connectivity index (χ4n) is 2.49. The second-order valence-corrected chi connectivity index (χ2v) is 5.56. The molecular formula is C14H20ClNO. The normalized spacial score (nSPS) is 26.8. The van der Waals surface area contributed by atoms with Crippen LogP contribution in [0.2, 0.25) is 5.02 Å². The van der Waals surface area contributed by atoms with E-state index in [1.54, 1.807) is 0 Å². The first-order valence-corrected chi connectivity index (χ1v) is 6.61. The Morgan fingerprint density at radius 3 is 2.82 bits per heavy atom. The SMILES string of the molecule is CN1CCCC(O)(Cc2ccccc2Cl)CC1.